The van der Waals surface area contributed by atoms with Crippen LogP contribution in [-0.2, 0) is 20.8 Å². The van der Waals surface area contributed by atoms with Gasteiger partial charge in [-0.3, -0.25) is 14.4 Å². The van der Waals surface area contributed by atoms with Crippen molar-refractivity contribution >= 4 is 45.0 Å². The van der Waals surface area contributed by atoms with Crippen LogP contribution in [0.25, 0.3) is 0 Å². The van der Waals surface area contributed by atoms with E-state index in [4.69, 9.17) is 0 Å². The first kappa shape index (κ1) is 21.0. The fraction of sp³-hybridized carbons (Fsp3) is 0.318. The van der Waals surface area contributed by atoms with Crippen molar-refractivity contribution in [3.63, 3.8) is 0 Å². The number of carbonyl (C=O) groups excluding carboxylic acids is 3. The summed E-state index contributed by atoms with van der Waals surface area (Å²) in [4.78, 5) is 38.4. The second-order valence-corrected chi connectivity index (χ2v) is 8.26. The van der Waals surface area contributed by atoms with Crippen LogP contribution in [0.3, 0.4) is 0 Å². The van der Waals surface area contributed by atoms with Crippen molar-refractivity contribution in [2.45, 2.75) is 26.2 Å². The molecule has 0 saturated heterocycles. The fourth-order valence-corrected chi connectivity index (χ4v) is 3.87. The number of nitrogens with one attached hydrogen (secondary N) is 2. The van der Waals surface area contributed by atoms with Gasteiger partial charge in [-0.05, 0) is 55.2 Å². The van der Waals surface area contributed by atoms with Crippen LogP contribution in [0.15, 0.2) is 46.9 Å². The Bertz CT molecular complexity index is 945. The zero-order chi connectivity index (χ0) is 21.0. The molecule has 0 fully saturated rings. The van der Waals surface area contributed by atoms with Gasteiger partial charge in [0, 0.05) is 35.2 Å². The van der Waals surface area contributed by atoms with E-state index in [9.17, 15) is 14.4 Å². The smallest absolute Gasteiger partial charge is 0.243 e. The minimum absolute atomic E-state index is 0.0337. The average molecular weight is 458 g/mol. The Morgan fingerprint density at radius 3 is 2.76 bits per heavy atom. The van der Waals surface area contributed by atoms with Gasteiger partial charge in [0.25, 0.3) is 0 Å². The summed E-state index contributed by atoms with van der Waals surface area (Å²) in [7, 11) is 1.60. The van der Waals surface area contributed by atoms with Gasteiger partial charge >= 0.3 is 0 Å². The van der Waals surface area contributed by atoms with Gasteiger partial charge in [0.1, 0.15) is 0 Å². The van der Waals surface area contributed by atoms with E-state index in [0.717, 1.165) is 27.0 Å². The molecule has 1 atom stereocenters. The van der Waals surface area contributed by atoms with Gasteiger partial charge in [-0.1, -0.05) is 34.1 Å². The Kier molecular flexibility index (Phi) is 6.69. The number of benzene rings is 2. The Hall–Kier alpha value is -2.67. The summed E-state index contributed by atoms with van der Waals surface area (Å²) in [6.07, 6.45) is 1.31. The summed E-state index contributed by atoms with van der Waals surface area (Å²) in [6, 6.07) is 13.3. The van der Waals surface area contributed by atoms with E-state index in [2.05, 4.69) is 26.6 Å². The van der Waals surface area contributed by atoms with Crippen LogP contribution < -0.4 is 10.6 Å². The van der Waals surface area contributed by atoms with Gasteiger partial charge in [0.05, 0.1) is 6.54 Å². The molecule has 7 heteroatoms. The number of rotatable bonds is 6. The number of amides is 3. The van der Waals surface area contributed by atoms with Gasteiger partial charge in [0.2, 0.25) is 17.7 Å². The van der Waals surface area contributed by atoms with E-state index in [1.165, 1.54) is 4.90 Å². The predicted octanol–water partition coefficient (Wildman–Crippen LogP) is 3.75. The molecule has 6 nitrogen and oxygen atoms in total. The maximum atomic E-state index is 12.4. The molecule has 3 amide bonds. The number of fused-ring (bicyclic) bond motifs is 1. The van der Waals surface area contributed by atoms with Crippen molar-refractivity contribution in [3.8, 4) is 0 Å². The minimum Gasteiger partial charge on any atom is -0.336 e. The Labute approximate surface area is 178 Å². The number of carbonyl (C=O) groups is 3. The third-order valence-corrected chi connectivity index (χ3v) is 5.58. The first-order valence-corrected chi connectivity index (χ1v) is 10.3. The molecule has 0 aromatic heterocycles. The van der Waals surface area contributed by atoms with E-state index in [-0.39, 0.29) is 36.6 Å². The summed E-state index contributed by atoms with van der Waals surface area (Å²) in [5.41, 5.74) is 3.58. The molecule has 0 bridgehead atoms. The highest BCUT2D eigenvalue weighted by atomic mass is 79.9. The largest absolute Gasteiger partial charge is 0.336 e. The van der Waals surface area contributed by atoms with Crippen molar-refractivity contribution in [1.29, 1.82) is 0 Å². The van der Waals surface area contributed by atoms with Crippen molar-refractivity contribution in [3.05, 3.63) is 58.1 Å². The minimum atomic E-state index is -0.254. The van der Waals surface area contributed by atoms with Crippen molar-refractivity contribution < 1.29 is 14.4 Å². The molecule has 0 saturated carbocycles. The van der Waals surface area contributed by atoms with E-state index in [0.29, 0.717) is 12.8 Å². The second-order valence-electron chi connectivity index (χ2n) is 7.34. The molecular formula is C22H24BrN3O3. The van der Waals surface area contributed by atoms with E-state index in [1.54, 1.807) is 7.05 Å². The number of halogens is 1. The first-order valence-electron chi connectivity index (χ1n) is 9.52. The maximum absolute atomic E-state index is 12.4. The average Bonchev–Trinajstić information content (AvgIpc) is 2.68. The summed E-state index contributed by atoms with van der Waals surface area (Å²) in [6.45, 7) is 1.87. The molecule has 0 aliphatic carbocycles. The molecule has 1 aliphatic heterocycles. The SMILES string of the molecule is Cc1cc(Br)ccc1NC(=O)CN(C)C(=O)CCC1Cc2ccccc2NC1=O. The van der Waals surface area contributed by atoms with Gasteiger partial charge < -0.3 is 15.5 Å². The molecule has 2 N–H and O–H groups in total. The number of likely N-dealkylation sites (N-methyl/N-ethyl adjacent to an activating group) is 1. The topological polar surface area (TPSA) is 78.5 Å². The number of anilines is 2. The summed E-state index contributed by atoms with van der Waals surface area (Å²) in [5.74, 6) is -0.695. The van der Waals surface area contributed by atoms with Crippen LogP contribution >= 0.6 is 15.9 Å². The molecule has 2 aromatic rings. The van der Waals surface area contributed by atoms with Gasteiger partial charge in [-0.25, -0.2) is 0 Å². The van der Waals surface area contributed by atoms with Crippen LogP contribution in [0.5, 0.6) is 0 Å². The first-order chi connectivity index (χ1) is 13.8. The molecule has 0 spiro atoms. The van der Waals surface area contributed by atoms with Crippen LogP contribution in [-0.4, -0.2) is 36.2 Å². The highest BCUT2D eigenvalue weighted by Gasteiger charge is 2.26. The number of hydrogen-bond acceptors (Lipinski definition) is 3. The van der Waals surface area contributed by atoms with Crippen molar-refractivity contribution in [2.24, 2.45) is 5.92 Å². The monoisotopic (exact) mass is 457 g/mol. The highest BCUT2D eigenvalue weighted by Crippen LogP contribution is 2.27. The number of hydrogen-bond donors (Lipinski definition) is 2. The van der Waals surface area contributed by atoms with E-state index < -0.39 is 0 Å². The zero-order valence-electron chi connectivity index (χ0n) is 16.5. The summed E-state index contributed by atoms with van der Waals surface area (Å²) in [5, 5.41) is 5.73. The standard InChI is InChI=1S/C22H24BrN3O3/c1-14-11-17(23)8-9-18(14)24-20(27)13-26(2)21(28)10-7-16-12-15-5-3-4-6-19(15)25-22(16)29/h3-6,8-9,11,16H,7,10,12-13H2,1-2H3,(H,24,27)(H,25,29). The van der Waals surface area contributed by atoms with Crippen molar-refractivity contribution in [1.82, 2.24) is 4.90 Å². The molecule has 29 heavy (non-hydrogen) atoms. The lowest BCUT2D eigenvalue weighted by atomic mass is 9.89. The zero-order valence-corrected chi connectivity index (χ0v) is 18.1. The Balaban J connectivity index is 1.49. The Morgan fingerprint density at radius 1 is 1.24 bits per heavy atom. The normalized spacial score (nSPS) is 15.3. The lowest BCUT2D eigenvalue weighted by Crippen LogP contribution is -2.36. The maximum Gasteiger partial charge on any atom is 0.243 e. The molecule has 1 aliphatic rings. The fourth-order valence-electron chi connectivity index (χ4n) is 3.40. The molecule has 0 radical (unpaired) electrons. The summed E-state index contributed by atoms with van der Waals surface area (Å²) < 4.78 is 0.940. The molecule has 3 rings (SSSR count). The molecule has 1 unspecified atom stereocenters. The lowest BCUT2D eigenvalue weighted by Gasteiger charge is -2.25. The van der Waals surface area contributed by atoms with Gasteiger partial charge in [0.15, 0.2) is 0 Å². The predicted molar refractivity (Wildman–Crippen MR) is 117 cm³/mol. The molecule has 2 aromatic carbocycles. The van der Waals surface area contributed by atoms with Crippen LogP contribution in [0.4, 0.5) is 11.4 Å². The third kappa shape index (κ3) is 5.44. The number of para-hydroxylation sites is 1. The third-order valence-electron chi connectivity index (χ3n) is 5.09. The molecule has 152 valence electrons. The second kappa shape index (κ2) is 9.22. The molecular weight excluding hydrogens is 434 g/mol. The lowest BCUT2D eigenvalue weighted by molar-refractivity contribution is -0.133. The van der Waals surface area contributed by atoms with Crippen molar-refractivity contribution in [2.75, 3.05) is 24.2 Å². The van der Waals surface area contributed by atoms with Crippen LogP contribution in [0.1, 0.15) is 24.0 Å². The number of aryl methyl sites for hydroxylation is 1. The van der Waals surface area contributed by atoms with Gasteiger partial charge in [-0.2, -0.15) is 0 Å². The van der Waals surface area contributed by atoms with Crippen LogP contribution in [0, 0.1) is 12.8 Å². The molecule has 1 heterocycles. The Morgan fingerprint density at radius 2 is 2.00 bits per heavy atom. The summed E-state index contributed by atoms with van der Waals surface area (Å²) >= 11 is 3.39. The number of nitrogens with zero attached hydrogens (tertiary/aromatic N) is 1. The highest BCUT2D eigenvalue weighted by molar-refractivity contribution is 9.10. The quantitative estimate of drug-likeness (QED) is 0.693. The van der Waals surface area contributed by atoms with E-state index in [1.807, 2.05) is 49.4 Å². The van der Waals surface area contributed by atoms with Gasteiger partial charge in [-0.15, -0.1) is 0 Å². The van der Waals surface area contributed by atoms with Crippen LogP contribution in [0.2, 0.25) is 0 Å². The van der Waals surface area contributed by atoms with E-state index >= 15 is 0 Å².